The van der Waals surface area contributed by atoms with E-state index < -0.39 is 5.79 Å². The molecule has 1 aromatic carbocycles. The first-order valence-corrected chi connectivity index (χ1v) is 11.8. The van der Waals surface area contributed by atoms with Gasteiger partial charge in [0.25, 0.3) is 0 Å². The molecule has 0 aliphatic heterocycles. The molecule has 8 nitrogen and oxygen atoms in total. The third-order valence-corrected chi connectivity index (χ3v) is 6.44. The van der Waals surface area contributed by atoms with Crippen molar-refractivity contribution in [1.82, 2.24) is 19.5 Å². The number of pyridine rings is 1. The Hall–Kier alpha value is -3.23. The smallest absolute Gasteiger partial charge is 0.156 e. The molecule has 2 atom stereocenters. The van der Waals surface area contributed by atoms with Gasteiger partial charge in [0.2, 0.25) is 0 Å². The number of rotatable bonds is 4. The first-order chi connectivity index (χ1) is 16.1. The van der Waals surface area contributed by atoms with Gasteiger partial charge in [-0.1, -0.05) is 0 Å². The van der Waals surface area contributed by atoms with E-state index in [4.69, 9.17) is 21.7 Å². The van der Waals surface area contributed by atoms with Crippen molar-refractivity contribution in [3.8, 4) is 0 Å². The molecular weight excluding hydrogens is 428 g/mol. The molecule has 0 amide bonds. The SMILES string of the molecule is CC(C)(O)O.Cc1cc2ccc(N)nc2cc1CCC1CCC(n2ccc3c(N)ncnc32)C1. The monoisotopic (exact) mass is 462 g/mol. The Morgan fingerprint density at radius 3 is 2.62 bits per heavy atom. The number of nitrogens with two attached hydrogens (primary N) is 2. The van der Waals surface area contributed by atoms with Gasteiger partial charge in [-0.05, 0) is 100 Å². The van der Waals surface area contributed by atoms with Crippen molar-refractivity contribution in [2.45, 2.75) is 64.7 Å². The summed E-state index contributed by atoms with van der Waals surface area (Å²) in [5, 5.41) is 18.3. The fourth-order valence-corrected chi connectivity index (χ4v) is 4.82. The van der Waals surface area contributed by atoms with Crippen molar-refractivity contribution in [3.05, 3.63) is 54.0 Å². The van der Waals surface area contributed by atoms with Crippen molar-refractivity contribution >= 4 is 33.6 Å². The summed E-state index contributed by atoms with van der Waals surface area (Å²) in [6.07, 6.45) is 9.58. The van der Waals surface area contributed by atoms with E-state index >= 15 is 0 Å². The number of aliphatic hydroxyl groups is 2. The van der Waals surface area contributed by atoms with Gasteiger partial charge in [-0.2, -0.15) is 0 Å². The summed E-state index contributed by atoms with van der Waals surface area (Å²) < 4.78 is 2.29. The second-order valence-electron chi connectivity index (χ2n) is 9.79. The van der Waals surface area contributed by atoms with Gasteiger partial charge in [-0.15, -0.1) is 0 Å². The van der Waals surface area contributed by atoms with Gasteiger partial charge in [0.15, 0.2) is 5.79 Å². The molecule has 34 heavy (non-hydrogen) atoms. The summed E-state index contributed by atoms with van der Waals surface area (Å²) in [6.45, 7) is 4.79. The minimum Gasteiger partial charge on any atom is -0.384 e. The molecule has 1 fully saturated rings. The third kappa shape index (κ3) is 5.63. The molecule has 6 N–H and O–H groups in total. The molecule has 1 aliphatic rings. The van der Waals surface area contributed by atoms with Gasteiger partial charge < -0.3 is 26.2 Å². The lowest BCUT2D eigenvalue weighted by atomic mass is 9.94. The minimum absolute atomic E-state index is 0.492. The average Bonchev–Trinajstić information content (AvgIpc) is 3.39. The minimum atomic E-state index is -1.50. The van der Waals surface area contributed by atoms with Crippen LogP contribution in [-0.2, 0) is 6.42 Å². The molecule has 180 valence electrons. The van der Waals surface area contributed by atoms with Gasteiger partial charge in [-0.25, -0.2) is 15.0 Å². The van der Waals surface area contributed by atoms with Gasteiger partial charge in [-0.3, -0.25) is 0 Å². The highest BCUT2D eigenvalue weighted by Gasteiger charge is 2.27. The highest BCUT2D eigenvalue weighted by Crippen LogP contribution is 2.39. The van der Waals surface area contributed by atoms with Gasteiger partial charge in [0.1, 0.15) is 23.6 Å². The summed E-state index contributed by atoms with van der Waals surface area (Å²) in [5.41, 5.74) is 16.5. The maximum Gasteiger partial charge on any atom is 0.156 e. The maximum atomic E-state index is 8.08. The Kier molecular flexibility index (Phi) is 6.72. The first kappa shape index (κ1) is 23.9. The molecule has 0 saturated heterocycles. The van der Waals surface area contributed by atoms with E-state index in [0.717, 1.165) is 34.3 Å². The van der Waals surface area contributed by atoms with E-state index in [1.54, 1.807) is 6.33 Å². The summed E-state index contributed by atoms with van der Waals surface area (Å²) in [7, 11) is 0. The second-order valence-corrected chi connectivity index (χ2v) is 9.79. The molecule has 3 aromatic heterocycles. The van der Waals surface area contributed by atoms with E-state index in [2.05, 4.69) is 44.8 Å². The Labute approximate surface area is 199 Å². The maximum absolute atomic E-state index is 8.08. The number of hydrogen-bond acceptors (Lipinski definition) is 7. The molecule has 0 radical (unpaired) electrons. The molecular formula is C26H34N6O2. The van der Waals surface area contributed by atoms with Gasteiger partial charge in [0.05, 0.1) is 10.9 Å². The number of nitrogen functional groups attached to an aromatic ring is 2. The fraction of sp³-hybridized carbons (Fsp3) is 0.423. The van der Waals surface area contributed by atoms with E-state index in [9.17, 15) is 0 Å². The normalized spacial score (nSPS) is 18.3. The van der Waals surface area contributed by atoms with Crippen LogP contribution in [0.2, 0.25) is 0 Å². The Morgan fingerprint density at radius 1 is 1.09 bits per heavy atom. The Morgan fingerprint density at radius 2 is 1.85 bits per heavy atom. The molecule has 0 bridgehead atoms. The number of nitrogens with zero attached hydrogens (tertiary/aromatic N) is 4. The Balaban J connectivity index is 0.000000499. The standard InChI is InChI=1S/C23H26N6.C3H8O2/c1-14-10-17-5-7-21(24)28-20(17)12-16(14)4-2-15-3-6-18(11-15)29-9-8-19-22(25)26-13-27-23(19)29;1-3(2,4)5/h5,7-10,12-13,15,18H,2-4,6,11H2,1H3,(H2,24,28)(H2,25,26,27);4-5H,1-2H3. The summed E-state index contributed by atoms with van der Waals surface area (Å²) in [6, 6.07) is 10.9. The van der Waals surface area contributed by atoms with Crippen LogP contribution in [0.4, 0.5) is 11.6 Å². The highest BCUT2D eigenvalue weighted by molar-refractivity contribution is 5.86. The molecule has 4 aromatic rings. The topological polar surface area (TPSA) is 136 Å². The highest BCUT2D eigenvalue weighted by atomic mass is 16.5. The quantitative estimate of drug-likeness (QED) is 0.335. The predicted molar refractivity (Wildman–Crippen MR) is 136 cm³/mol. The lowest BCUT2D eigenvalue weighted by Gasteiger charge is -2.15. The number of benzene rings is 1. The number of aromatic nitrogens is 4. The van der Waals surface area contributed by atoms with Crippen LogP contribution in [0.5, 0.6) is 0 Å². The van der Waals surface area contributed by atoms with Crippen LogP contribution in [0, 0.1) is 12.8 Å². The number of anilines is 2. The van der Waals surface area contributed by atoms with Crippen molar-refractivity contribution < 1.29 is 10.2 Å². The largest absolute Gasteiger partial charge is 0.384 e. The predicted octanol–water partition coefficient (Wildman–Crippen LogP) is 4.13. The van der Waals surface area contributed by atoms with E-state index in [0.29, 0.717) is 17.7 Å². The van der Waals surface area contributed by atoms with Crippen LogP contribution in [0.1, 0.15) is 56.7 Å². The van der Waals surface area contributed by atoms with Crippen molar-refractivity contribution in [3.63, 3.8) is 0 Å². The molecule has 5 rings (SSSR count). The number of aryl methyl sites for hydroxylation is 2. The number of fused-ring (bicyclic) bond motifs is 2. The lowest BCUT2D eigenvalue weighted by Crippen LogP contribution is -2.15. The van der Waals surface area contributed by atoms with Gasteiger partial charge in [0, 0.05) is 17.6 Å². The van der Waals surface area contributed by atoms with Crippen molar-refractivity contribution in [1.29, 1.82) is 0 Å². The second kappa shape index (κ2) is 9.56. The third-order valence-electron chi connectivity index (χ3n) is 6.44. The Bertz CT molecular complexity index is 1290. The van der Waals surface area contributed by atoms with Crippen LogP contribution in [0.15, 0.2) is 42.9 Å². The molecule has 3 heterocycles. The molecule has 1 aliphatic carbocycles. The van der Waals surface area contributed by atoms with Gasteiger partial charge >= 0.3 is 0 Å². The first-order valence-electron chi connectivity index (χ1n) is 11.8. The van der Waals surface area contributed by atoms with Crippen LogP contribution >= 0.6 is 0 Å². The molecule has 0 spiro atoms. The zero-order valence-corrected chi connectivity index (χ0v) is 20.1. The van der Waals surface area contributed by atoms with E-state index in [1.165, 1.54) is 50.7 Å². The van der Waals surface area contributed by atoms with E-state index in [1.807, 2.05) is 18.2 Å². The van der Waals surface area contributed by atoms with Crippen LogP contribution in [-0.4, -0.2) is 35.5 Å². The van der Waals surface area contributed by atoms with E-state index in [-0.39, 0.29) is 0 Å². The van der Waals surface area contributed by atoms with Crippen LogP contribution < -0.4 is 11.5 Å². The zero-order valence-electron chi connectivity index (χ0n) is 20.1. The van der Waals surface area contributed by atoms with Crippen molar-refractivity contribution in [2.24, 2.45) is 5.92 Å². The fourth-order valence-electron chi connectivity index (χ4n) is 4.82. The summed E-state index contributed by atoms with van der Waals surface area (Å²) in [5.74, 6) is 0.360. The zero-order chi connectivity index (χ0) is 24.5. The van der Waals surface area contributed by atoms with Crippen molar-refractivity contribution in [2.75, 3.05) is 11.5 Å². The molecule has 2 unspecified atom stereocenters. The lowest BCUT2D eigenvalue weighted by molar-refractivity contribution is -0.127. The molecule has 1 saturated carbocycles. The summed E-state index contributed by atoms with van der Waals surface area (Å²) in [4.78, 5) is 13.1. The average molecular weight is 463 g/mol. The molecule has 8 heteroatoms. The van der Waals surface area contributed by atoms with Crippen LogP contribution in [0.25, 0.3) is 21.9 Å². The number of hydrogen-bond donors (Lipinski definition) is 4. The van der Waals surface area contributed by atoms with Crippen LogP contribution in [0.3, 0.4) is 0 Å². The summed E-state index contributed by atoms with van der Waals surface area (Å²) >= 11 is 0.